The van der Waals surface area contributed by atoms with Gasteiger partial charge < -0.3 is 10.0 Å². The van der Waals surface area contributed by atoms with Crippen LogP contribution in [-0.2, 0) is 0 Å². The first-order valence-electron chi connectivity index (χ1n) is 13.2. The Morgan fingerprint density at radius 1 is 0.711 bits per heavy atom. The smallest absolute Gasteiger partial charge is 0.423 e. The van der Waals surface area contributed by atoms with E-state index < -0.39 is 7.12 Å². The zero-order valence-corrected chi connectivity index (χ0v) is 22.1. The highest BCUT2D eigenvalue weighted by atomic mass is 16.4. The number of allylic oxidation sites excluding steroid dienone is 5. The van der Waals surface area contributed by atoms with Crippen LogP contribution in [-0.4, -0.2) is 17.2 Å². The van der Waals surface area contributed by atoms with Crippen LogP contribution in [0, 0.1) is 0 Å². The Kier molecular flexibility index (Phi) is 7.15. The van der Waals surface area contributed by atoms with E-state index in [9.17, 15) is 10.0 Å². The van der Waals surface area contributed by atoms with Gasteiger partial charge in [0.1, 0.15) is 0 Å². The van der Waals surface area contributed by atoms with Gasteiger partial charge in [0.2, 0.25) is 0 Å². The molecule has 0 atom stereocenters. The van der Waals surface area contributed by atoms with Crippen LogP contribution >= 0.6 is 0 Å². The maximum absolute atomic E-state index is 10.1. The van der Waals surface area contributed by atoms with Gasteiger partial charge in [-0.25, -0.2) is 0 Å². The molecule has 5 aromatic carbocycles. The van der Waals surface area contributed by atoms with Crippen molar-refractivity contribution in [2.45, 2.75) is 20.8 Å². The molecule has 38 heavy (non-hydrogen) atoms. The first kappa shape index (κ1) is 25.5. The molecule has 0 saturated heterocycles. The maximum Gasteiger partial charge on any atom is 0.489 e. The first-order valence-corrected chi connectivity index (χ1v) is 13.2. The standard InChI is InChI=1S/C33H25BO2.C2H6/c1-3-11-21(12-4-2)29-23-15-8-9-16-24(23)30(22-13-6-5-7-14-22)33-27-19-20-28(34(35)36)25-17-10-18-26(31(25)27)32(29)33;1-2/h3-20,35-36H,1H2,2H3;1-2H3/b12-4-,21-11+;. The third kappa shape index (κ3) is 3.92. The molecule has 6 rings (SSSR count). The van der Waals surface area contributed by atoms with Gasteiger partial charge >= 0.3 is 7.12 Å². The molecule has 0 aromatic heterocycles. The van der Waals surface area contributed by atoms with Gasteiger partial charge in [0.15, 0.2) is 0 Å². The molecule has 2 nitrogen and oxygen atoms in total. The molecule has 0 spiro atoms. The minimum atomic E-state index is -1.54. The molecule has 0 aliphatic heterocycles. The van der Waals surface area contributed by atoms with Gasteiger partial charge in [-0.15, -0.1) is 0 Å². The molecule has 5 aromatic rings. The van der Waals surface area contributed by atoms with Crippen molar-refractivity contribution in [2.75, 3.05) is 0 Å². The van der Waals surface area contributed by atoms with Crippen LogP contribution in [0.4, 0.5) is 0 Å². The molecule has 0 amide bonds. The topological polar surface area (TPSA) is 40.5 Å². The first-order chi connectivity index (χ1) is 18.7. The second kappa shape index (κ2) is 10.7. The van der Waals surface area contributed by atoms with Crippen molar-refractivity contribution in [3.05, 3.63) is 121 Å². The Balaban J connectivity index is 0.00000144. The van der Waals surface area contributed by atoms with Crippen molar-refractivity contribution in [3.8, 4) is 33.4 Å². The van der Waals surface area contributed by atoms with Gasteiger partial charge in [0.25, 0.3) is 0 Å². The van der Waals surface area contributed by atoms with E-state index in [1.807, 2.05) is 57.2 Å². The van der Waals surface area contributed by atoms with E-state index in [0.717, 1.165) is 38.6 Å². The molecular weight excluding hydrogens is 463 g/mol. The highest BCUT2D eigenvalue weighted by Crippen LogP contribution is 2.56. The van der Waals surface area contributed by atoms with Crippen molar-refractivity contribution in [1.29, 1.82) is 0 Å². The van der Waals surface area contributed by atoms with Gasteiger partial charge in [-0.05, 0) is 78.4 Å². The lowest BCUT2D eigenvalue weighted by molar-refractivity contribution is 0.426. The van der Waals surface area contributed by atoms with E-state index in [0.29, 0.717) is 5.46 Å². The SMILES string of the molecule is C=C/C=C(\C=C/C)c1c2c(c(-c3ccccc3)c3ccccc13)-c1ccc(B(O)O)c3cccc-2c13.CC. The van der Waals surface area contributed by atoms with Crippen LogP contribution in [0.25, 0.3) is 60.5 Å². The summed E-state index contributed by atoms with van der Waals surface area (Å²) in [7, 11) is -1.54. The minimum Gasteiger partial charge on any atom is -0.423 e. The molecule has 1 aliphatic carbocycles. The zero-order chi connectivity index (χ0) is 26.8. The summed E-state index contributed by atoms with van der Waals surface area (Å²) in [6, 6.07) is 29.2. The fourth-order valence-corrected chi connectivity index (χ4v) is 5.78. The summed E-state index contributed by atoms with van der Waals surface area (Å²) in [6.07, 6.45) is 8.10. The second-order valence-corrected chi connectivity index (χ2v) is 9.07. The van der Waals surface area contributed by atoms with Crippen molar-refractivity contribution < 1.29 is 10.0 Å². The van der Waals surface area contributed by atoms with Crippen molar-refractivity contribution in [3.63, 3.8) is 0 Å². The fourth-order valence-electron chi connectivity index (χ4n) is 5.78. The largest absolute Gasteiger partial charge is 0.489 e. The average molecular weight is 494 g/mol. The highest BCUT2D eigenvalue weighted by molar-refractivity contribution is 6.62. The molecule has 3 heteroatoms. The van der Waals surface area contributed by atoms with Gasteiger partial charge in [0, 0.05) is 0 Å². The van der Waals surface area contributed by atoms with E-state index in [1.165, 1.54) is 27.5 Å². The van der Waals surface area contributed by atoms with E-state index in [-0.39, 0.29) is 0 Å². The highest BCUT2D eigenvalue weighted by Gasteiger charge is 2.31. The Morgan fingerprint density at radius 3 is 2.05 bits per heavy atom. The summed E-state index contributed by atoms with van der Waals surface area (Å²) in [6.45, 7) is 10.0. The van der Waals surface area contributed by atoms with Crippen LogP contribution in [0.5, 0.6) is 0 Å². The maximum atomic E-state index is 10.1. The zero-order valence-electron chi connectivity index (χ0n) is 22.1. The van der Waals surface area contributed by atoms with Crippen LogP contribution in [0.3, 0.4) is 0 Å². The van der Waals surface area contributed by atoms with E-state index in [1.54, 1.807) is 0 Å². The summed E-state index contributed by atoms with van der Waals surface area (Å²) >= 11 is 0. The summed E-state index contributed by atoms with van der Waals surface area (Å²) < 4.78 is 0. The molecule has 2 N–H and O–H groups in total. The lowest BCUT2D eigenvalue weighted by atomic mass is 9.76. The average Bonchev–Trinajstić information content (AvgIpc) is 3.28. The third-order valence-electron chi connectivity index (χ3n) is 7.10. The fraction of sp³-hybridized carbons (Fsp3) is 0.0857. The van der Waals surface area contributed by atoms with Crippen molar-refractivity contribution in [2.24, 2.45) is 0 Å². The predicted octanol–water partition coefficient (Wildman–Crippen LogP) is 8.16. The van der Waals surface area contributed by atoms with Crippen molar-refractivity contribution >= 4 is 39.7 Å². The number of hydrogen-bond acceptors (Lipinski definition) is 2. The number of benzene rings is 5. The van der Waals surface area contributed by atoms with E-state index >= 15 is 0 Å². The summed E-state index contributed by atoms with van der Waals surface area (Å²) in [5.41, 5.74) is 9.69. The molecular formula is C35H31BO2. The van der Waals surface area contributed by atoms with Crippen LogP contribution < -0.4 is 5.46 Å². The van der Waals surface area contributed by atoms with Crippen LogP contribution in [0.2, 0.25) is 0 Å². The Morgan fingerprint density at radius 2 is 1.37 bits per heavy atom. The monoisotopic (exact) mass is 494 g/mol. The lowest BCUT2D eigenvalue weighted by Gasteiger charge is -2.20. The molecule has 1 aliphatic rings. The second-order valence-electron chi connectivity index (χ2n) is 9.07. The third-order valence-corrected chi connectivity index (χ3v) is 7.10. The predicted molar refractivity (Wildman–Crippen MR) is 165 cm³/mol. The summed E-state index contributed by atoms with van der Waals surface area (Å²) in [5, 5.41) is 24.6. The van der Waals surface area contributed by atoms with E-state index in [2.05, 4.69) is 79.4 Å². The summed E-state index contributed by atoms with van der Waals surface area (Å²) in [5.74, 6) is 0. The Hall–Kier alpha value is -4.18. The molecule has 0 radical (unpaired) electrons. The number of rotatable bonds is 5. The van der Waals surface area contributed by atoms with Gasteiger partial charge in [-0.2, -0.15) is 0 Å². The molecule has 0 saturated carbocycles. The number of fused-ring (bicyclic) bond motifs is 4. The Bertz CT molecular complexity index is 1730. The molecule has 0 heterocycles. The molecule has 186 valence electrons. The molecule has 0 bridgehead atoms. The Labute approximate surface area is 225 Å². The molecule has 0 fully saturated rings. The van der Waals surface area contributed by atoms with Crippen molar-refractivity contribution in [1.82, 2.24) is 0 Å². The molecule has 0 unspecified atom stereocenters. The van der Waals surface area contributed by atoms with Gasteiger partial charge in [-0.3, -0.25) is 0 Å². The van der Waals surface area contributed by atoms with E-state index in [4.69, 9.17) is 0 Å². The normalized spacial score (nSPS) is 12.0. The van der Waals surface area contributed by atoms with Gasteiger partial charge in [-0.1, -0.05) is 130 Å². The van der Waals surface area contributed by atoms with Gasteiger partial charge in [0.05, 0.1) is 0 Å². The number of hydrogen-bond donors (Lipinski definition) is 2. The van der Waals surface area contributed by atoms with Crippen LogP contribution in [0.1, 0.15) is 26.3 Å². The van der Waals surface area contributed by atoms with Crippen LogP contribution in [0.15, 0.2) is 116 Å². The minimum absolute atomic E-state index is 0.520. The summed E-state index contributed by atoms with van der Waals surface area (Å²) in [4.78, 5) is 0. The lowest BCUT2D eigenvalue weighted by Crippen LogP contribution is -2.30. The quantitative estimate of drug-likeness (QED) is 0.188.